The van der Waals surface area contributed by atoms with Gasteiger partial charge in [-0.25, -0.2) is 0 Å². The van der Waals surface area contributed by atoms with Crippen molar-refractivity contribution in [3.05, 3.63) is 0 Å². The topological polar surface area (TPSA) is 64.7 Å². The molecule has 1 aliphatic rings. The maximum atomic E-state index is 12.0. The van der Waals surface area contributed by atoms with Crippen molar-refractivity contribution in [1.29, 1.82) is 0 Å². The summed E-state index contributed by atoms with van der Waals surface area (Å²) >= 11 is 0. The number of likely N-dealkylation sites (tertiary alicyclic amines) is 1. The van der Waals surface area contributed by atoms with Crippen LogP contribution in [0.25, 0.3) is 0 Å². The molecule has 0 aromatic carbocycles. The van der Waals surface area contributed by atoms with E-state index in [-0.39, 0.29) is 11.8 Å². The lowest BCUT2D eigenvalue weighted by atomic mass is 9.93. The summed E-state index contributed by atoms with van der Waals surface area (Å²) in [6.07, 6.45) is 3.52. The minimum Gasteiger partial charge on any atom is -0.347 e. The van der Waals surface area contributed by atoms with Crippen LogP contribution in [0.2, 0.25) is 0 Å². The summed E-state index contributed by atoms with van der Waals surface area (Å²) in [5.74, 6) is 0.631. The molecule has 21 heavy (non-hydrogen) atoms. The van der Waals surface area contributed by atoms with Crippen molar-refractivity contribution in [1.82, 2.24) is 20.4 Å². The number of likely N-dealkylation sites (N-methyl/N-ethyl adjacent to an activating group) is 1. The highest BCUT2D eigenvalue weighted by Crippen LogP contribution is 2.19. The third-order valence-electron chi connectivity index (χ3n) is 4.07. The summed E-state index contributed by atoms with van der Waals surface area (Å²) in [5.41, 5.74) is 0. The minimum atomic E-state index is -0.458. The molecule has 0 aromatic rings. The van der Waals surface area contributed by atoms with E-state index < -0.39 is 6.04 Å². The number of amides is 2. The zero-order chi connectivity index (χ0) is 15.8. The molecule has 6 heteroatoms. The second kappa shape index (κ2) is 9.00. The zero-order valence-corrected chi connectivity index (χ0v) is 13.8. The van der Waals surface area contributed by atoms with Gasteiger partial charge in [-0.2, -0.15) is 0 Å². The number of piperidine rings is 1. The van der Waals surface area contributed by atoms with Crippen molar-refractivity contribution in [3.63, 3.8) is 0 Å². The number of hydrogen-bond donors (Lipinski definition) is 2. The van der Waals surface area contributed by atoms with Crippen LogP contribution in [0.15, 0.2) is 0 Å². The second-order valence-corrected chi connectivity index (χ2v) is 6.13. The van der Waals surface area contributed by atoms with Crippen LogP contribution in [-0.2, 0) is 9.59 Å². The van der Waals surface area contributed by atoms with Crippen LogP contribution in [0.1, 0.15) is 26.2 Å². The molecule has 1 aliphatic heterocycles. The Morgan fingerprint density at radius 1 is 1.29 bits per heavy atom. The van der Waals surface area contributed by atoms with Crippen LogP contribution in [0.5, 0.6) is 0 Å². The van der Waals surface area contributed by atoms with Crippen LogP contribution in [-0.4, -0.2) is 75.0 Å². The lowest BCUT2D eigenvalue weighted by Gasteiger charge is -2.31. The molecule has 1 rings (SSSR count). The van der Waals surface area contributed by atoms with Gasteiger partial charge in [0.2, 0.25) is 11.8 Å². The zero-order valence-electron chi connectivity index (χ0n) is 13.8. The van der Waals surface area contributed by atoms with Gasteiger partial charge in [-0.3, -0.25) is 14.5 Å². The molecule has 1 fully saturated rings. The molecular weight excluding hydrogens is 268 g/mol. The molecule has 1 saturated heterocycles. The summed E-state index contributed by atoms with van der Waals surface area (Å²) in [6, 6.07) is -0.458. The van der Waals surface area contributed by atoms with Gasteiger partial charge in [0.15, 0.2) is 0 Å². The maximum absolute atomic E-state index is 12.0. The van der Waals surface area contributed by atoms with E-state index >= 15 is 0 Å². The van der Waals surface area contributed by atoms with Crippen molar-refractivity contribution in [2.45, 2.75) is 32.2 Å². The maximum Gasteiger partial charge on any atom is 0.244 e. The average Bonchev–Trinajstić information content (AvgIpc) is 2.45. The Morgan fingerprint density at radius 3 is 2.43 bits per heavy atom. The lowest BCUT2D eigenvalue weighted by molar-refractivity contribution is -0.134. The second-order valence-electron chi connectivity index (χ2n) is 6.13. The van der Waals surface area contributed by atoms with Crippen molar-refractivity contribution in [2.24, 2.45) is 5.92 Å². The third kappa shape index (κ3) is 6.44. The third-order valence-corrected chi connectivity index (χ3v) is 4.07. The molecule has 0 bridgehead atoms. The summed E-state index contributed by atoms with van der Waals surface area (Å²) in [6.45, 7) is 5.12. The molecule has 0 saturated carbocycles. The normalized spacial score (nSPS) is 18.3. The van der Waals surface area contributed by atoms with Gasteiger partial charge >= 0.3 is 0 Å². The number of nitrogens with one attached hydrogen (secondary N) is 2. The Kier molecular flexibility index (Phi) is 7.67. The van der Waals surface area contributed by atoms with E-state index in [0.717, 1.165) is 38.4 Å². The van der Waals surface area contributed by atoms with Crippen LogP contribution in [0.3, 0.4) is 0 Å². The molecule has 2 amide bonds. The standard InChI is InChI=1S/C15H30N4O2/c1-12(15(21)18(3)4)17-14(20)11-19-9-6-13(7-10-19)5-8-16-2/h12-13,16H,5-11H2,1-4H3,(H,17,20). The van der Waals surface area contributed by atoms with Crippen LogP contribution < -0.4 is 10.6 Å². The monoisotopic (exact) mass is 298 g/mol. The largest absolute Gasteiger partial charge is 0.347 e. The summed E-state index contributed by atoms with van der Waals surface area (Å²) < 4.78 is 0. The van der Waals surface area contributed by atoms with Crippen LogP contribution in [0, 0.1) is 5.92 Å². The molecular formula is C15H30N4O2. The van der Waals surface area contributed by atoms with Gasteiger partial charge in [-0.05, 0) is 58.8 Å². The number of carbonyl (C=O) groups excluding carboxylic acids is 2. The Hall–Kier alpha value is -1.14. The van der Waals surface area contributed by atoms with Gasteiger partial charge in [-0.1, -0.05) is 0 Å². The van der Waals surface area contributed by atoms with Crippen LogP contribution >= 0.6 is 0 Å². The summed E-state index contributed by atoms with van der Waals surface area (Å²) in [4.78, 5) is 27.4. The molecule has 0 radical (unpaired) electrons. The minimum absolute atomic E-state index is 0.0635. The fraction of sp³-hybridized carbons (Fsp3) is 0.867. The van der Waals surface area contributed by atoms with Gasteiger partial charge < -0.3 is 15.5 Å². The van der Waals surface area contributed by atoms with Gasteiger partial charge in [-0.15, -0.1) is 0 Å². The van der Waals surface area contributed by atoms with E-state index in [2.05, 4.69) is 15.5 Å². The molecule has 2 N–H and O–H groups in total. The van der Waals surface area contributed by atoms with Crippen molar-refractivity contribution in [2.75, 3.05) is 47.3 Å². The summed E-state index contributed by atoms with van der Waals surface area (Å²) in [7, 11) is 5.37. The van der Waals surface area contributed by atoms with Gasteiger partial charge in [0.25, 0.3) is 0 Å². The van der Waals surface area contributed by atoms with Crippen LogP contribution in [0.4, 0.5) is 0 Å². The van der Waals surface area contributed by atoms with E-state index in [1.54, 1.807) is 21.0 Å². The van der Waals surface area contributed by atoms with E-state index in [4.69, 9.17) is 0 Å². The quantitative estimate of drug-likeness (QED) is 0.689. The highest BCUT2D eigenvalue weighted by atomic mass is 16.2. The number of nitrogens with zero attached hydrogens (tertiary/aromatic N) is 2. The molecule has 122 valence electrons. The predicted octanol–water partition coefficient (Wildman–Crippen LogP) is -0.0992. The molecule has 0 spiro atoms. The van der Waals surface area contributed by atoms with Crippen molar-refractivity contribution < 1.29 is 9.59 Å². The lowest BCUT2D eigenvalue weighted by Crippen LogP contribution is -2.48. The van der Waals surface area contributed by atoms with Crippen molar-refractivity contribution >= 4 is 11.8 Å². The molecule has 1 atom stereocenters. The number of hydrogen-bond acceptors (Lipinski definition) is 4. The highest BCUT2D eigenvalue weighted by molar-refractivity contribution is 5.87. The first-order valence-electron chi connectivity index (χ1n) is 7.81. The predicted molar refractivity (Wildman–Crippen MR) is 84.0 cm³/mol. The smallest absolute Gasteiger partial charge is 0.244 e. The number of carbonyl (C=O) groups is 2. The van der Waals surface area contributed by atoms with Gasteiger partial charge in [0.1, 0.15) is 6.04 Å². The molecule has 6 nitrogen and oxygen atoms in total. The Balaban J connectivity index is 2.26. The molecule has 0 aromatic heterocycles. The molecule has 1 heterocycles. The Bertz CT molecular complexity index is 339. The SMILES string of the molecule is CNCCC1CCN(CC(=O)NC(C)C(=O)N(C)C)CC1. The van der Waals surface area contributed by atoms with E-state index in [9.17, 15) is 9.59 Å². The highest BCUT2D eigenvalue weighted by Gasteiger charge is 2.22. The first kappa shape index (κ1) is 17.9. The molecule has 0 aliphatic carbocycles. The van der Waals surface area contributed by atoms with Crippen molar-refractivity contribution in [3.8, 4) is 0 Å². The average molecular weight is 298 g/mol. The first-order valence-corrected chi connectivity index (χ1v) is 7.81. The fourth-order valence-corrected chi connectivity index (χ4v) is 2.72. The van der Waals surface area contributed by atoms with E-state index in [0.29, 0.717) is 6.54 Å². The number of rotatable bonds is 7. The fourth-order valence-electron chi connectivity index (χ4n) is 2.72. The Labute approximate surface area is 128 Å². The Morgan fingerprint density at radius 2 is 1.90 bits per heavy atom. The first-order chi connectivity index (χ1) is 9.93. The molecule has 1 unspecified atom stereocenters. The van der Waals surface area contributed by atoms with Gasteiger partial charge in [0, 0.05) is 14.1 Å². The van der Waals surface area contributed by atoms with Gasteiger partial charge in [0.05, 0.1) is 6.54 Å². The summed E-state index contributed by atoms with van der Waals surface area (Å²) in [5, 5.41) is 5.96. The van der Waals surface area contributed by atoms with E-state index in [1.807, 2.05) is 7.05 Å². The van der Waals surface area contributed by atoms with E-state index in [1.165, 1.54) is 11.3 Å².